The molecule has 2 N–H and O–H groups in total. The third-order valence-electron chi connectivity index (χ3n) is 2.75. The van der Waals surface area contributed by atoms with Crippen LogP contribution in [-0.2, 0) is 4.79 Å². The van der Waals surface area contributed by atoms with Gasteiger partial charge >= 0.3 is 17.1 Å². The molecule has 0 fully saturated rings. The van der Waals surface area contributed by atoms with Gasteiger partial charge in [-0.25, -0.2) is 0 Å². The standard InChI is InChI=1S/C13H11ClN4O6/c1-23-9-3-2-7(4-8(9)14)17-10(19)5-24-13-11(18(21)22)12(20)15-6-16-13/h2-4,6H,5H2,1H3,(H,17,19)(H,15,16,20). The van der Waals surface area contributed by atoms with Crippen LogP contribution in [0.2, 0.25) is 5.02 Å². The molecular formula is C13H11ClN4O6. The second-order valence-corrected chi connectivity index (χ2v) is 4.74. The first-order valence-electron chi connectivity index (χ1n) is 6.40. The van der Waals surface area contributed by atoms with Gasteiger partial charge in [0.05, 0.1) is 23.4 Å². The molecule has 0 aliphatic heterocycles. The Hall–Kier alpha value is -3.14. The van der Waals surface area contributed by atoms with Gasteiger partial charge in [0, 0.05) is 5.69 Å². The maximum absolute atomic E-state index is 11.8. The first-order valence-corrected chi connectivity index (χ1v) is 6.78. The van der Waals surface area contributed by atoms with Gasteiger partial charge in [-0.1, -0.05) is 11.6 Å². The Morgan fingerprint density at radius 2 is 2.25 bits per heavy atom. The van der Waals surface area contributed by atoms with Gasteiger partial charge < -0.3 is 19.8 Å². The summed E-state index contributed by atoms with van der Waals surface area (Å²) in [6.45, 7) is -0.582. The van der Waals surface area contributed by atoms with Crippen molar-refractivity contribution in [3.63, 3.8) is 0 Å². The number of methoxy groups -OCH3 is 1. The van der Waals surface area contributed by atoms with Crippen LogP contribution in [0.25, 0.3) is 0 Å². The van der Waals surface area contributed by atoms with Crippen molar-refractivity contribution in [1.82, 2.24) is 9.97 Å². The Morgan fingerprint density at radius 1 is 1.50 bits per heavy atom. The van der Waals surface area contributed by atoms with E-state index in [0.717, 1.165) is 6.33 Å². The van der Waals surface area contributed by atoms with E-state index in [1.807, 2.05) is 0 Å². The number of nitrogens with zero attached hydrogens (tertiary/aromatic N) is 2. The second kappa shape index (κ2) is 7.42. The van der Waals surface area contributed by atoms with Gasteiger partial charge in [0.25, 0.3) is 5.91 Å². The fourth-order valence-electron chi connectivity index (χ4n) is 1.72. The monoisotopic (exact) mass is 354 g/mol. The number of carbonyl (C=O) groups excluding carboxylic acids is 1. The summed E-state index contributed by atoms with van der Waals surface area (Å²) in [6.07, 6.45) is 0.936. The van der Waals surface area contributed by atoms with Crippen LogP contribution in [0.3, 0.4) is 0 Å². The van der Waals surface area contributed by atoms with Crippen molar-refractivity contribution < 1.29 is 19.2 Å². The lowest BCUT2D eigenvalue weighted by Crippen LogP contribution is -2.22. The Morgan fingerprint density at radius 3 is 2.88 bits per heavy atom. The molecular weight excluding hydrogens is 344 g/mol. The number of benzene rings is 1. The van der Waals surface area contributed by atoms with Crippen LogP contribution in [-0.4, -0.2) is 34.5 Å². The number of H-pyrrole nitrogens is 1. The van der Waals surface area contributed by atoms with Gasteiger partial charge in [-0.2, -0.15) is 4.98 Å². The van der Waals surface area contributed by atoms with Crippen molar-refractivity contribution >= 4 is 28.9 Å². The van der Waals surface area contributed by atoms with E-state index in [0.29, 0.717) is 16.5 Å². The van der Waals surface area contributed by atoms with Gasteiger partial charge in [-0.05, 0) is 18.2 Å². The summed E-state index contributed by atoms with van der Waals surface area (Å²) >= 11 is 5.93. The van der Waals surface area contributed by atoms with Crippen LogP contribution >= 0.6 is 11.6 Å². The normalized spacial score (nSPS) is 10.1. The van der Waals surface area contributed by atoms with Crippen molar-refractivity contribution in [1.29, 1.82) is 0 Å². The molecule has 1 heterocycles. The van der Waals surface area contributed by atoms with Crippen LogP contribution in [0.1, 0.15) is 0 Å². The molecule has 0 saturated carbocycles. The molecule has 0 atom stereocenters. The highest BCUT2D eigenvalue weighted by Gasteiger charge is 2.22. The van der Waals surface area contributed by atoms with E-state index in [2.05, 4.69) is 15.3 Å². The zero-order valence-corrected chi connectivity index (χ0v) is 13.0. The molecule has 0 spiro atoms. The van der Waals surface area contributed by atoms with Crippen molar-refractivity contribution in [3.05, 3.63) is 50.0 Å². The number of nitro groups is 1. The smallest absolute Gasteiger partial charge is 0.395 e. The minimum atomic E-state index is -0.979. The number of rotatable bonds is 6. The third-order valence-corrected chi connectivity index (χ3v) is 3.05. The Labute approximate surface area is 139 Å². The number of amides is 1. The fraction of sp³-hybridized carbons (Fsp3) is 0.154. The lowest BCUT2D eigenvalue weighted by molar-refractivity contribution is -0.387. The van der Waals surface area contributed by atoms with E-state index in [-0.39, 0.29) is 0 Å². The molecule has 0 radical (unpaired) electrons. The van der Waals surface area contributed by atoms with Gasteiger partial charge in [-0.3, -0.25) is 19.7 Å². The molecule has 24 heavy (non-hydrogen) atoms. The first-order chi connectivity index (χ1) is 11.4. The van der Waals surface area contributed by atoms with E-state index < -0.39 is 34.6 Å². The average Bonchev–Trinajstić information content (AvgIpc) is 2.52. The summed E-state index contributed by atoms with van der Waals surface area (Å²) < 4.78 is 9.93. The van der Waals surface area contributed by atoms with E-state index in [1.54, 1.807) is 12.1 Å². The van der Waals surface area contributed by atoms with E-state index >= 15 is 0 Å². The molecule has 0 saturated heterocycles. The summed E-state index contributed by atoms with van der Waals surface area (Å²) in [5.41, 5.74) is -1.48. The van der Waals surface area contributed by atoms with Crippen molar-refractivity contribution in [2.24, 2.45) is 0 Å². The number of hydrogen-bond acceptors (Lipinski definition) is 7. The summed E-state index contributed by atoms with van der Waals surface area (Å²) in [7, 11) is 1.45. The van der Waals surface area contributed by atoms with Crippen LogP contribution in [0.5, 0.6) is 11.6 Å². The fourth-order valence-corrected chi connectivity index (χ4v) is 1.98. The molecule has 1 aromatic heterocycles. The Bertz CT molecular complexity index is 837. The average molecular weight is 355 g/mol. The zero-order chi connectivity index (χ0) is 17.7. The topological polar surface area (TPSA) is 136 Å². The highest BCUT2D eigenvalue weighted by molar-refractivity contribution is 6.32. The molecule has 0 aliphatic rings. The van der Waals surface area contributed by atoms with Crippen LogP contribution < -0.4 is 20.3 Å². The second-order valence-electron chi connectivity index (χ2n) is 4.33. The number of halogens is 1. The summed E-state index contributed by atoms with van der Waals surface area (Å²) in [6, 6.07) is 4.57. The maximum Gasteiger partial charge on any atom is 0.395 e. The van der Waals surface area contributed by atoms with Crippen molar-refractivity contribution in [2.45, 2.75) is 0 Å². The number of hydrogen-bond donors (Lipinski definition) is 2. The molecule has 1 amide bonds. The van der Waals surface area contributed by atoms with Crippen LogP contribution in [0.4, 0.5) is 11.4 Å². The highest BCUT2D eigenvalue weighted by Crippen LogP contribution is 2.27. The van der Waals surface area contributed by atoms with Crippen molar-refractivity contribution in [2.75, 3.05) is 19.0 Å². The van der Waals surface area contributed by atoms with Gasteiger partial charge in [0.2, 0.25) is 0 Å². The molecule has 2 aromatic rings. The maximum atomic E-state index is 11.8. The number of nitrogens with one attached hydrogen (secondary N) is 2. The quantitative estimate of drug-likeness (QED) is 0.590. The van der Waals surface area contributed by atoms with Crippen molar-refractivity contribution in [3.8, 4) is 11.6 Å². The largest absolute Gasteiger partial charge is 0.495 e. The summed E-state index contributed by atoms with van der Waals surface area (Å²) in [5.74, 6) is -0.728. The zero-order valence-electron chi connectivity index (χ0n) is 12.2. The molecule has 2 rings (SSSR count). The number of ether oxygens (including phenoxy) is 2. The van der Waals surface area contributed by atoms with Gasteiger partial charge in [0.1, 0.15) is 5.75 Å². The SMILES string of the molecule is COc1ccc(NC(=O)COc2nc[nH]c(=O)c2[N+](=O)[O-])cc1Cl. The lowest BCUT2D eigenvalue weighted by atomic mass is 10.3. The summed E-state index contributed by atoms with van der Waals surface area (Å²) in [5, 5.41) is 13.6. The Balaban J connectivity index is 2.04. The molecule has 1 aromatic carbocycles. The highest BCUT2D eigenvalue weighted by atomic mass is 35.5. The lowest BCUT2D eigenvalue weighted by Gasteiger charge is -2.08. The number of carbonyl (C=O) groups is 1. The molecule has 0 bridgehead atoms. The minimum Gasteiger partial charge on any atom is -0.495 e. The van der Waals surface area contributed by atoms with Crippen LogP contribution in [0.15, 0.2) is 29.3 Å². The van der Waals surface area contributed by atoms with Gasteiger partial charge in [0.15, 0.2) is 6.61 Å². The third kappa shape index (κ3) is 3.98. The van der Waals surface area contributed by atoms with E-state index in [9.17, 15) is 19.7 Å². The Kier molecular flexibility index (Phi) is 5.32. The molecule has 10 nitrogen and oxygen atoms in total. The molecule has 11 heteroatoms. The first kappa shape index (κ1) is 17.2. The number of anilines is 1. The van der Waals surface area contributed by atoms with E-state index in [1.165, 1.54) is 13.2 Å². The predicted octanol–water partition coefficient (Wildman–Crippen LogP) is 1.36. The molecule has 126 valence electrons. The van der Waals surface area contributed by atoms with Gasteiger partial charge in [-0.15, -0.1) is 0 Å². The minimum absolute atomic E-state index is 0.295. The number of aromatic amines is 1. The predicted molar refractivity (Wildman–Crippen MR) is 83.6 cm³/mol. The van der Waals surface area contributed by atoms with E-state index in [4.69, 9.17) is 21.1 Å². The molecule has 0 unspecified atom stereocenters. The molecule has 0 aliphatic carbocycles. The summed E-state index contributed by atoms with van der Waals surface area (Å²) in [4.78, 5) is 38.7. The number of aromatic nitrogens is 2. The van der Waals surface area contributed by atoms with Crippen LogP contribution in [0, 0.1) is 10.1 Å².